The Bertz CT molecular complexity index is 1310. The molecular formula is C29H32BrN5O2. The third-order valence-electron chi connectivity index (χ3n) is 6.51. The molecule has 0 spiro atoms. The monoisotopic (exact) mass is 561 g/mol. The lowest BCUT2D eigenvalue weighted by Gasteiger charge is -2.43. The van der Waals surface area contributed by atoms with E-state index in [0.29, 0.717) is 16.9 Å². The molecule has 0 radical (unpaired) electrons. The van der Waals surface area contributed by atoms with Gasteiger partial charge in [0.15, 0.2) is 0 Å². The molecular weight excluding hydrogens is 530 g/mol. The van der Waals surface area contributed by atoms with Crippen molar-refractivity contribution in [1.82, 2.24) is 15.2 Å². The van der Waals surface area contributed by atoms with Crippen molar-refractivity contribution in [2.45, 2.75) is 32.9 Å². The summed E-state index contributed by atoms with van der Waals surface area (Å²) < 4.78 is 0.909. The topological polar surface area (TPSA) is 86.4 Å². The van der Waals surface area contributed by atoms with Crippen molar-refractivity contribution < 1.29 is 9.59 Å². The molecule has 2 aromatic carbocycles. The van der Waals surface area contributed by atoms with Gasteiger partial charge in [0.05, 0.1) is 0 Å². The molecule has 192 valence electrons. The summed E-state index contributed by atoms with van der Waals surface area (Å²) in [7, 11) is 0. The van der Waals surface area contributed by atoms with Crippen molar-refractivity contribution in [1.29, 1.82) is 0 Å². The molecule has 1 aromatic heterocycles. The zero-order valence-electron chi connectivity index (χ0n) is 21.3. The van der Waals surface area contributed by atoms with Gasteiger partial charge in [-0.15, -0.1) is 0 Å². The Morgan fingerprint density at radius 3 is 2.73 bits per heavy atom. The number of nitrogens with one attached hydrogen (secondary N) is 3. The highest BCUT2D eigenvalue weighted by atomic mass is 79.9. The first-order valence-corrected chi connectivity index (χ1v) is 13.1. The van der Waals surface area contributed by atoms with E-state index in [1.165, 1.54) is 6.08 Å². The summed E-state index contributed by atoms with van der Waals surface area (Å²) in [5, 5.41) is 9.27. The lowest BCUT2D eigenvalue weighted by molar-refractivity contribution is -0.111. The number of pyridine rings is 1. The summed E-state index contributed by atoms with van der Waals surface area (Å²) in [6.45, 7) is 10.1. The van der Waals surface area contributed by atoms with Crippen LogP contribution in [0.4, 0.5) is 11.4 Å². The van der Waals surface area contributed by atoms with E-state index < -0.39 is 0 Å². The average Bonchev–Trinajstić information content (AvgIpc) is 2.87. The first-order chi connectivity index (χ1) is 17.7. The summed E-state index contributed by atoms with van der Waals surface area (Å²) in [5.74, 6) is -0.477. The van der Waals surface area contributed by atoms with Crippen LogP contribution >= 0.6 is 15.9 Å². The number of carbonyl (C=O) groups excluding carboxylic acids is 2. The van der Waals surface area contributed by atoms with Crippen LogP contribution in [0.2, 0.25) is 0 Å². The predicted octanol–water partition coefficient (Wildman–Crippen LogP) is 5.24. The molecule has 8 heteroatoms. The van der Waals surface area contributed by atoms with Gasteiger partial charge in [0.25, 0.3) is 5.91 Å². The number of piperazine rings is 1. The van der Waals surface area contributed by atoms with Crippen LogP contribution in [0.5, 0.6) is 0 Å². The number of carbonyl (C=O) groups is 2. The quantitative estimate of drug-likeness (QED) is 0.343. The highest BCUT2D eigenvalue weighted by molar-refractivity contribution is 9.10. The minimum absolute atomic E-state index is 0.0703. The van der Waals surface area contributed by atoms with Gasteiger partial charge < -0.3 is 16.0 Å². The molecule has 1 fully saturated rings. The van der Waals surface area contributed by atoms with Crippen molar-refractivity contribution >= 4 is 45.2 Å². The van der Waals surface area contributed by atoms with Crippen LogP contribution in [0.1, 0.15) is 40.9 Å². The molecule has 3 N–H and O–H groups in total. The Labute approximate surface area is 226 Å². The normalized spacial score (nSPS) is 15.5. The van der Waals surface area contributed by atoms with Crippen molar-refractivity contribution in [3.8, 4) is 0 Å². The molecule has 1 aliphatic rings. The largest absolute Gasteiger partial charge is 0.322 e. The van der Waals surface area contributed by atoms with Crippen LogP contribution in [0.25, 0.3) is 6.08 Å². The summed E-state index contributed by atoms with van der Waals surface area (Å²) in [4.78, 5) is 31.9. The zero-order valence-corrected chi connectivity index (χ0v) is 22.9. The maximum atomic E-state index is 13.0. The molecule has 0 saturated carbocycles. The highest BCUT2D eigenvalue weighted by Gasteiger charge is 2.29. The molecule has 0 atom stereocenters. The maximum Gasteiger partial charge on any atom is 0.255 e. The van der Waals surface area contributed by atoms with Gasteiger partial charge in [-0.05, 0) is 73.9 Å². The molecule has 2 amide bonds. The second-order valence-corrected chi connectivity index (χ2v) is 10.7. The van der Waals surface area contributed by atoms with Crippen molar-refractivity contribution in [3.63, 3.8) is 0 Å². The van der Waals surface area contributed by atoms with Gasteiger partial charge in [-0.25, -0.2) is 0 Å². The summed E-state index contributed by atoms with van der Waals surface area (Å²) in [6.07, 6.45) is 6.53. The molecule has 7 nitrogen and oxygen atoms in total. The zero-order chi connectivity index (χ0) is 26.4. The number of halogens is 1. The molecule has 2 heterocycles. The smallest absolute Gasteiger partial charge is 0.255 e. The second-order valence-electron chi connectivity index (χ2n) is 9.81. The first-order valence-electron chi connectivity index (χ1n) is 12.3. The van der Waals surface area contributed by atoms with Gasteiger partial charge in [0.1, 0.15) is 0 Å². The first kappa shape index (κ1) is 26.7. The number of amides is 2. The lowest BCUT2D eigenvalue weighted by Crippen LogP contribution is -2.57. The van der Waals surface area contributed by atoms with Gasteiger partial charge in [-0.2, -0.15) is 0 Å². The molecule has 3 aromatic rings. The van der Waals surface area contributed by atoms with E-state index >= 15 is 0 Å². The fraction of sp³-hybridized carbons (Fsp3) is 0.276. The number of rotatable bonds is 7. The number of anilines is 2. The molecule has 0 aliphatic carbocycles. The maximum absolute atomic E-state index is 13.0. The van der Waals surface area contributed by atoms with Crippen LogP contribution in [0.15, 0.2) is 71.5 Å². The Kier molecular flexibility index (Phi) is 8.53. The van der Waals surface area contributed by atoms with Crippen molar-refractivity contribution in [3.05, 3.63) is 93.7 Å². The molecule has 1 saturated heterocycles. The van der Waals surface area contributed by atoms with Gasteiger partial charge in [0.2, 0.25) is 5.91 Å². The summed E-state index contributed by atoms with van der Waals surface area (Å²) in [5.41, 5.74) is 4.74. The van der Waals surface area contributed by atoms with E-state index in [1.807, 2.05) is 49.4 Å². The van der Waals surface area contributed by atoms with Crippen molar-refractivity contribution in [2.75, 3.05) is 30.3 Å². The van der Waals surface area contributed by atoms with E-state index in [0.717, 1.165) is 47.3 Å². The minimum atomic E-state index is -0.261. The van der Waals surface area contributed by atoms with Crippen LogP contribution in [-0.4, -0.2) is 46.9 Å². The number of hydrogen-bond donors (Lipinski definition) is 3. The number of benzene rings is 2. The number of aryl methyl sites for hydroxylation is 1. The Morgan fingerprint density at radius 1 is 1.16 bits per heavy atom. The standard InChI is InChI=1S/C29H32BrN5O2/c1-20-6-10-24(16-26(20)34-27(36)11-7-21-5-4-12-31-17-21)33-28(37)22-8-9-23(25(30)15-22)18-35-14-13-32-19-29(35,2)3/h4-12,15-17,32H,13-14,18-19H2,1-3H3,(H,33,37)(H,34,36). The van der Waals surface area contributed by atoms with Gasteiger partial charge in [-0.1, -0.05) is 34.1 Å². The fourth-order valence-electron chi connectivity index (χ4n) is 4.20. The molecule has 1 aliphatic heterocycles. The summed E-state index contributed by atoms with van der Waals surface area (Å²) in [6, 6.07) is 14.9. The van der Waals surface area contributed by atoms with Crippen LogP contribution in [0, 0.1) is 6.92 Å². The Hall–Kier alpha value is -3.33. The lowest BCUT2D eigenvalue weighted by atomic mass is 9.99. The molecule has 4 rings (SSSR count). The van der Waals surface area contributed by atoms with Gasteiger partial charge in [-0.3, -0.25) is 19.5 Å². The fourth-order valence-corrected chi connectivity index (χ4v) is 4.70. The van der Waals surface area contributed by atoms with Crippen LogP contribution in [-0.2, 0) is 11.3 Å². The third kappa shape index (κ3) is 7.13. The van der Waals surface area contributed by atoms with Crippen LogP contribution < -0.4 is 16.0 Å². The van der Waals surface area contributed by atoms with E-state index in [-0.39, 0.29) is 17.4 Å². The van der Waals surface area contributed by atoms with Crippen molar-refractivity contribution in [2.24, 2.45) is 0 Å². The average molecular weight is 563 g/mol. The molecule has 37 heavy (non-hydrogen) atoms. The Morgan fingerprint density at radius 2 is 2.00 bits per heavy atom. The number of hydrogen-bond acceptors (Lipinski definition) is 5. The van der Waals surface area contributed by atoms with E-state index in [2.05, 4.69) is 55.6 Å². The second kappa shape index (κ2) is 11.8. The van der Waals surface area contributed by atoms with E-state index in [1.54, 1.807) is 24.5 Å². The van der Waals surface area contributed by atoms with Gasteiger partial charge >= 0.3 is 0 Å². The predicted molar refractivity (Wildman–Crippen MR) is 153 cm³/mol. The number of nitrogens with zero attached hydrogens (tertiary/aromatic N) is 2. The third-order valence-corrected chi connectivity index (χ3v) is 7.25. The van der Waals surface area contributed by atoms with Gasteiger partial charge in [0, 0.05) is 71.6 Å². The highest BCUT2D eigenvalue weighted by Crippen LogP contribution is 2.26. The summed E-state index contributed by atoms with van der Waals surface area (Å²) >= 11 is 3.66. The van der Waals surface area contributed by atoms with E-state index in [4.69, 9.17) is 0 Å². The van der Waals surface area contributed by atoms with Crippen LogP contribution in [0.3, 0.4) is 0 Å². The van der Waals surface area contributed by atoms with E-state index in [9.17, 15) is 9.59 Å². The minimum Gasteiger partial charge on any atom is -0.322 e. The number of aromatic nitrogens is 1. The molecule has 0 unspecified atom stereocenters. The molecule has 0 bridgehead atoms. The Balaban J connectivity index is 1.41. The SMILES string of the molecule is Cc1ccc(NC(=O)c2ccc(CN3CCNCC3(C)C)c(Br)c2)cc1NC(=O)C=Cc1cccnc1.